The van der Waals surface area contributed by atoms with Gasteiger partial charge in [0.1, 0.15) is 24.1 Å². The molecule has 6 nitrogen and oxygen atoms in total. The molecule has 0 bridgehead atoms. The van der Waals surface area contributed by atoms with E-state index in [1.165, 1.54) is 11.3 Å². The van der Waals surface area contributed by atoms with Crippen molar-refractivity contribution in [3.63, 3.8) is 0 Å². The predicted molar refractivity (Wildman–Crippen MR) is 103 cm³/mol. The van der Waals surface area contributed by atoms with E-state index in [1.54, 1.807) is 38.1 Å². The zero-order valence-electron chi connectivity index (χ0n) is 14.7. The summed E-state index contributed by atoms with van der Waals surface area (Å²) in [6, 6.07) is 9.58. The molecule has 0 fully saturated rings. The second-order valence-corrected chi connectivity index (χ2v) is 7.14. The Morgan fingerprint density at radius 3 is 2.78 bits per heavy atom. The largest absolute Gasteiger partial charge is 0.458 e. The molecule has 0 aliphatic heterocycles. The Bertz CT molecular complexity index is 953. The Morgan fingerprint density at radius 1 is 1.30 bits per heavy atom. The predicted octanol–water partition coefficient (Wildman–Crippen LogP) is 4.23. The van der Waals surface area contributed by atoms with Gasteiger partial charge in [-0.05, 0) is 37.4 Å². The van der Waals surface area contributed by atoms with Crippen LogP contribution in [0, 0.1) is 6.92 Å². The Morgan fingerprint density at radius 2 is 2.07 bits per heavy atom. The molecular weight excluding hydrogens is 388 g/mol. The minimum absolute atomic E-state index is 0.0359. The molecule has 0 radical (unpaired) electrons. The Balaban J connectivity index is 1.58. The highest BCUT2D eigenvalue weighted by Gasteiger charge is 2.21. The number of hydrogen-bond donors (Lipinski definition) is 1. The lowest BCUT2D eigenvalue weighted by atomic mass is 10.2. The van der Waals surface area contributed by atoms with E-state index >= 15 is 0 Å². The smallest absolute Gasteiger partial charge is 0.328 e. The number of thiophene rings is 1. The van der Waals surface area contributed by atoms with Gasteiger partial charge in [0.05, 0.1) is 15.5 Å². The maximum Gasteiger partial charge on any atom is 0.328 e. The lowest BCUT2D eigenvalue weighted by molar-refractivity contribution is -0.146. The van der Waals surface area contributed by atoms with Gasteiger partial charge in [0.15, 0.2) is 0 Å². The van der Waals surface area contributed by atoms with Crippen molar-refractivity contribution in [2.24, 2.45) is 0 Å². The van der Waals surface area contributed by atoms with Crippen LogP contribution in [0.25, 0.3) is 10.8 Å². The summed E-state index contributed by atoms with van der Waals surface area (Å²) in [6.45, 7) is 3.27. The quantitative estimate of drug-likeness (QED) is 0.622. The second-order valence-electron chi connectivity index (χ2n) is 5.78. The maximum atomic E-state index is 12.2. The van der Waals surface area contributed by atoms with Gasteiger partial charge in [-0.25, -0.2) is 9.78 Å². The van der Waals surface area contributed by atoms with Gasteiger partial charge in [-0.1, -0.05) is 29.8 Å². The third-order valence-electron chi connectivity index (χ3n) is 3.80. The van der Waals surface area contributed by atoms with Crippen molar-refractivity contribution in [2.75, 3.05) is 0 Å². The summed E-state index contributed by atoms with van der Waals surface area (Å²) in [4.78, 5) is 29.7. The highest BCUT2D eigenvalue weighted by molar-refractivity contribution is 7.13. The van der Waals surface area contributed by atoms with Gasteiger partial charge in [0.2, 0.25) is 5.89 Å². The fourth-order valence-corrected chi connectivity index (χ4v) is 3.18. The molecular formula is C19H17ClN2O4S. The first-order valence-electron chi connectivity index (χ1n) is 8.18. The molecule has 140 valence electrons. The van der Waals surface area contributed by atoms with Crippen LogP contribution in [0.5, 0.6) is 0 Å². The lowest BCUT2D eigenvalue weighted by Gasteiger charge is -2.13. The van der Waals surface area contributed by atoms with Crippen LogP contribution in [0.15, 0.2) is 46.2 Å². The van der Waals surface area contributed by atoms with Gasteiger partial charge in [0.25, 0.3) is 5.91 Å². The van der Waals surface area contributed by atoms with Crippen LogP contribution in [-0.4, -0.2) is 22.9 Å². The molecule has 3 aromatic rings. The number of nitrogens with one attached hydrogen (secondary N) is 1. The molecule has 27 heavy (non-hydrogen) atoms. The van der Waals surface area contributed by atoms with E-state index in [4.69, 9.17) is 20.8 Å². The van der Waals surface area contributed by atoms with Crippen LogP contribution in [-0.2, 0) is 16.1 Å². The van der Waals surface area contributed by atoms with Crippen molar-refractivity contribution in [2.45, 2.75) is 26.5 Å². The highest BCUT2D eigenvalue weighted by Crippen LogP contribution is 2.26. The summed E-state index contributed by atoms with van der Waals surface area (Å²) in [5, 5.41) is 4.82. The fraction of sp³-hybridized carbons (Fsp3) is 0.211. The second kappa shape index (κ2) is 8.37. The van der Waals surface area contributed by atoms with E-state index in [0.29, 0.717) is 27.9 Å². The molecule has 0 saturated heterocycles. The number of benzene rings is 1. The fourth-order valence-electron chi connectivity index (χ4n) is 2.31. The monoisotopic (exact) mass is 404 g/mol. The number of nitrogens with zero attached hydrogens (tertiary/aromatic N) is 1. The van der Waals surface area contributed by atoms with E-state index in [1.807, 2.05) is 17.5 Å². The lowest BCUT2D eigenvalue weighted by Crippen LogP contribution is -2.39. The first kappa shape index (κ1) is 19.1. The molecule has 3 rings (SSSR count). The molecule has 1 N–H and O–H groups in total. The van der Waals surface area contributed by atoms with Crippen molar-refractivity contribution < 1.29 is 18.7 Å². The van der Waals surface area contributed by atoms with E-state index in [9.17, 15) is 9.59 Å². The summed E-state index contributed by atoms with van der Waals surface area (Å²) in [5.74, 6) is 0.0608. The van der Waals surface area contributed by atoms with E-state index in [2.05, 4.69) is 10.3 Å². The number of esters is 1. The minimum Gasteiger partial charge on any atom is -0.458 e. The number of oxazole rings is 1. The highest BCUT2D eigenvalue weighted by atomic mass is 35.5. The summed E-state index contributed by atoms with van der Waals surface area (Å²) in [5.41, 5.74) is 0.836. The number of rotatable bonds is 6. The number of amides is 1. The topological polar surface area (TPSA) is 81.4 Å². The van der Waals surface area contributed by atoms with E-state index in [0.717, 1.165) is 4.88 Å². The Kier molecular flexibility index (Phi) is 5.93. The van der Waals surface area contributed by atoms with E-state index < -0.39 is 17.9 Å². The molecule has 0 spiro atoms. The third-order valence-corrected chi connectivity index (χ3v) is 4.98. The van der Waals surface area contributed by atoms with Crippen molar-refractivity contribution in [3.8, 4) is 10.8 Å². The normalized spacial score (nSPS) is 11.8. The number of halogens is 1. The summed E-state index contributed by atoms with van der Waals surface area (Å²) in [6.07, 6.45) is 0. The molecule has 1 amide bonds. The zero-order chi connectivity index (χ0) is 19.4. The van der Waals surface area contributed by atoms with Crippen molar-refractivity contribution in [1.29, 1.82) is 0 Å². The Hall–Kier alpha value is -2.64. The first-order valence-corrected chi connectivity index (χ1v) is 9.43. The maximum absolute atomic E-state index is 12.2. The number of ether oxygens (including phenoxy) is 1. The van der Waals surface area contributed by atoms with Gasteiger partial charge < -0.3 is 14.5 Å². The molecule has 0 unspecified atom stereocenters. The van der Waals surface area contributed by atoms with Crippen LogP contribution in [0.2, 0.25) is 5.02 Å². The average molecular weight is 405 g/mol. The summed E-state index contributed by atoms with van der Waals surface area (Å²) in [7, 11) is 0. The van der Waals surface area contributed by atoms with Crippen molar-refractivity contribution in [1.82, 2.24) is 10.3 Å². The number of aryl methyl sites for hydroxylation is 1. The first-order chi connectivity index (χ1) is 13.0. The van der Waals surface area contributed by atoms with Crippen LogP contribution < -0.4 is 5.32 Å². The van der Waals surface area contributed by atoms with Crippen molar-refractivity contribution in [3.05, 3.63) is 63.8 Å². The minimum atomic E-state index is -0.835. The van der Waals surface area contributed by atoms with Gasteiger partial charge >= 0.3 is 5.97 Å². The average Bonchev–Trinajstić information content (AvgIpc) is 3.29. The van der Waals surface area contributed by atoms with Crippen LogP contribution in [0.1, 0.15) is 28.7 Å². The molecule has 8 heteroatoms. The van der Waals surface area contributed by atoms with Gasteiger partial charge in [0, 0.05) is 0 Å². The standard InChI is InChI=1S/C19H17ClN2O4S/c1-11(21-17(23)13-6-3-4-7-14(13)20)19(24)25-10-15-12(2)26-18(22-15)16-8-5-9-27-16/h3-9,11H,10H2,1-2H3,(H,21,23)/t11-/m0/s1. The Labute approximate surface area is 165 Å². The zero-order valence-corrected chi connectivity index (χ0v) is 16.3. The molecule has 1 atom stereocenters. The summed E-state index contributed by atoms with van der Waals surface area (Å²) >= 11 is 7.50. The van der Waals surface area contributed by atoms with Crippen molar-refractivity contribution >= 4 is 34.8 Å². The number of hydrogen-bond acceptors (Lipinski definition) is 6. The van der Waals surface area contributed by atoms with Gasteiger partial charge in [-0.2, -0.15) is 0 Å². The molecule has 2 heterocycles. The van der Waals surface area contributed by atoms with Gasteiger partial charge in [-0.3, -0.25) is 4.79 Å². The summed E-state index contributed by atoms with van der Waals surface area (Å²) < 4.78 is 10.9. The number of aromatic nitrogens is 1. The number of carbonyl (C=O) groups excluding carboxylic acids is 2. The molecule has 0 aliphatic rings. The van der Waals surface area contributed by atoms with Crippen LogP contribution in [0.3, 0.4) is 0 Å². The molecule has 2 aromatic heterocycles. The molecule has 0 aliphatic carbocycles. The third kappa shape index (κ3) is 4.56. The van der Waals surface area contributed by atoms with E-state index in [-0.39, 0.29) is 6.61 Å². The SMILES string of the molecule is Cc1oc(-c2cccs2)nc1COC(=O)[C@H](C)NC(=O)c1ccccc1Cl. The molecule has 1 aromatic carbocycles. The number of carbonyl (C=O) groups is 2. The van der Waals surface area contributed by atoms with Crippen LogP contribution in [0.4, 0.5) is 0 Å². The van der Waals surface area contributed by atoms with Gasteiger partial charge in [-0.15, -0.1) is 11.3 Å². The molecule has 0 saturated carbocycles. The van der Waals surface area contributed by atoms with Crippen LogP contribution >= 0.6 is 22.9 Å².